The maximum absolute atomic E-state index is 13.1. The van der Waals surface area contributed by atoms with Crippen molar-refractivity contribution in [1.29, 1.82) is 0 Å². The number of hydrogen-bond acceptors (Lipinski definition) is 4. The molecule has 1 aromatic heterocycles. The lowest BCUT2D eigenvalue weighted by atomic mass is 10.0. The fourth-order valence-corrected chi connectivity index (χ4v) is 4.02. The average molecular weight is 372 g/mol. The first-order valence-corrected chi connectivity index (χ1v) is 9.87. The molecule has 1 aliphatic rings. The normalized spacial score (nSPS) is 17.9. The van der Waals surface area contributed by atoms with Gasteiger partial charge in [0.05, 0.1) is 4.88 Å². The van der Waals surface area contributed by atoms with Gasteiger partial charge in [-0.15, -0.1) is 11.3 Å². The van der Waals surface area contributed by atoms with E-state index in [1.165, 1.54) is 11.3 Å². The summed E-state index contributed by atoms with van der Waals surface area (Å²) in [4.78, 5) is 28.1. The van der Waals surface area contributed by atoms with E-state index in [-0.39, 0.29) is 11.8 Å². The molecule has 0 spiro atoms. The van der Waals surface area contributed by atoms with Gasteiger partial charge in [0.25, 0.3) is 5.91 Å². The molecule has 1 aliphatic heterocycles. The zero-order valence-corrected chi connectivity index (χ0v) is 15.8. The molecule has 2 amide bonds. The summed E-state index contributed by atoms with van der Waals surface area (Å²) in [5, 5.41) is 8.01. The SMILES string of the molecule is CNCC1CCN(C(=O)C(Cc2ccccc2)NC(=O)c2cccs2)C1. The van der Waals surface area contributed by atoms with Crippen LogP contribution in [0.15, 0.2) is 47.8 Å². The van der Waals surface area contributed by atoms with Crippen LogP contribution in [0.1, 0.15) is 21.7 Å². The van der Waals surface area contributed by atoms with E-state index in [4.69, 9.17) is 0 Å². The zero-order chi connectivity index (χ0) is 18.4. The lowest BCUT2D eigenvalue weighted by molar-refractivity contribution is -0.132. The van der Waals surface area contributed by atoms with Gasteiger partial charge >= 0.3 is 0 Å². The lowest BCUT2D eigenvalue weighted by Crippen LogP contribution is -2.49. The smallest absolute Gasteiger partial charge is 0.262 e. The minimum Gasteiger partial charge on any atom is -0.341 e. The largest absolute Gasteiger partial charge is 0.341 e. The molecular formula is C20H25N3O2S. The maximum atomic E-state index is 13.1. The van der Waals surface area contributed by atoms with Crippen molar-refractivity contribution in [2.45, 2.75) is 18.9 Å². The molecule has 1 fully saturated rings. The van der Waals surface area contributed by atoms with E-state index < -0.39 is 6.04 Å². The minimum atomic E-state index is -0.541. The van der Waals surface area contributed by atoms with Crippen LogP contribution in [0.3, 0.4) is 0 Å². The summed E-state index contributed by atoms with van der Waals surface area (Å²) in [6.45, 7) is 2.42. The molecule has 138 valence electrons. The summed E-state index contributed by atoms with van der Waals surface area (Å²) in [6, 6.07) is 12.9. The molecular weight excluding hydrogens is 346 g/mol. The fourth-order valence-electron chi connectivity index (χ4n) is 3.40. The van der Waals surface area contributed by atoms with Crippen molar-refractivity contribution < 1.29 is 9.59 Å². The number of carbonyl (C=O) groups excluding carboxylic acids is 2. The first kappa shape index (κ1) is 18.6. The average Bonchev–Trinajstić information content (AvgIpc) is 3.34. The summed E-state index contributed by atoms with van der Waals surface area (Å²) < 4.78 is 0. The highest BCUT2D eigenvalue weighted by Gasteiger charge is 2.31. The van der Waals surface area contributed by atoms with E-state index in [0.29, 0.717) is 17.2 Å². The number of likely N-dealkylation sites (tertiary alicyclic amines) is 1. The highest BCUT2D eigenvalue weighted by Crippen LogP contribution is 2.18. The molecule has 2 N–H and O–H groups in total. The van der Waals surface area contributed by atoms with Crippen LogP contribution in [0.4, 0.5) is 0 Å². The minimum absolute atomic E-state index is 0.0114. The third-order valence-corrected chi connectivity index (χ3v) is 5.59. The van der Waals surface area contributed by atoms with Crippen LogP contribution in [-0.4, -0.2) is 49.4 Å². The molecule has 6 heteroatoms. The molecule has 26 heavy (non-hydrogen) atoms. The lowest BCUT2D eigenvalue weighted by Gasteiger charge is -2.24. The summed E-state index contributed by atoms with van der Waals surface area (Å²) >= 11 is 1.39. The molecule has 2 unspecified atom stereocenters. The predicted octanol–water partition coefficient (Wildman–Crippen LogP) is 2.16. The van der Waals surface area contributed by atoms with Gasteiger partial charge < -0.3 is 15.5 Å². The van der Waals surface area contributed by atoms with Gasteiger partial charge in [0.15, 0.2) is 0 Å². The Kier molecular flexibility index (Phi) is 6.41. The number of hydrogen-bond donors (Lipinski definition) is 2. The summed E-state index contributed by atoms with van der Waals surface area (Å²) in [7, 11) is 1.93. The van der Waals surface area contributed by atoms with E-state index in [0.717, 1.165) is 31.6 Å². The number of rotatable bonds is 7. The first-order valence-electron chi connectivity index (χ1n) is 8.99. The van der Waals surface area contributed by atoms with Crippen molar-refractivity contribution >= 4 is 23.2 Å². The van der Waals surface area contributed by atoms with Crippen LogP contribution >= 0.6 is 11.3 Å². The maximum Gasteiger partial charge on any atom is 0.262 e. The van der Waals surface area contributed by atoms with Crippen LogP contribution in [0.5, 0.6) is 0 Å². The second kappa shape index (κ2) is 8.96. The van der Waals surface area contributed by atoms with Gasteiger partial charge in [-0.2, -0.15) is 0 Å². The Morgan fingerprint density at radius 1 is 1.23 bits per heavy atom. The molecule has 2 atom stereocenters. The van der Waals surface area contributed by atoms with Gasteiger partial charge in [-0.05, 0) is 42.9 Å². The van der Waals surface area contributed by atoms with Crippen LogP contribution in [-0.2, 0) is 11.2 Å². The topological polar surface area (TPSA) is 61.4 Å². The monoisotopic (exact) mass is 371 g/mol. The molecule has 2 heterocycles. The first-order chi connectivity index (χ1) is 12.7. The number of carbonyl (C=O) groups is 2. The van der Waals surface area contributed by atoms with Gasteiger partial charge in [-0.1, -0.05) is 36.4 Å². The molecule has 1 aromatic carbocycles. The fraction of sp³-hybridized carbons (Fsp3) is 0.400. The van der Waals surface area contributed by atoms with E-state index >= 15 is 0 Å². The summed E-state index contributed by atoms with van der Waals surface area (Å²) in [5.41, 5.74) is 1.04. The van der Waals surface area contributed by atoms with E-state index in [1.54, 1.807) is 6.07 Å². The van der Waals surface area contributed by atoms with Gasteiger partial charge in [-0.3, -0.25) is 9.59 Å². The van der Waals surface area contributed by atoms with Gasteiger partial charge in [0, 0.05) is 19.5 Å². The highest BCUT2D eigenvalue weighted by atomic mass is 32.1. The van der Waals surface area contributed by atoms with Crippen molar-refractivity contribution in [2.24, 2.45) is 5.92 Å². The van der Waals surface area contributed by atoms with Crippen molar-refractivity contribution in [3.05, 3.63) is 58.3 Å². The molecule has 3 rings (SSSR count). The third-order valence-electron chi connectivity index (χ3n) is 4.72. The quantitative estimate of drug-likeness (QED) is 0.784. The molecule has 0 saturated carbocycles. The molecule has 5 nitrogen and oxygen atoms in total. The predicted molar refractivity (Wildman–Crippen MR) is 104 cm³/mol. The summed E-state index contributed by atoms with van der Waals surface area (Å²) in [5.74, 6) is 0.312. The standard InChI is InChI=1S/C20H25N3O2S/c1-21-13-16-9-10-23(14-16)20(25)17(12-15-6-3-2-4-7-15)22-19(24)18-8-5-11-26-18/h2-8,11,16-17,21H,9-10,12-14H2,1H3,(H,22,24). The van der Waals surface area contributed by atoms with Crippen LogP contribution in [0, 0.1) is 5.92 Å². The van der Waals surface area contributed by atoms with E-state index in [1.807, 2.05) is 53.7 Å². The Hall–Kier alpha value is -2.18. The number of nitrogens with zero attached hydrogens (tertiary/aromatic N) is 1. The molecule has 2 aromatic rings. The van der Waals surface area contributed by atoms with Crippen LogP contribution < -0.4 is 10.6 Å². The molecule has 0 bridgehead atoms. The Bertz CT molecular complexity index is 718. The number of thiophene rings is 1. The Morgan fingerprint density at radius 3 is 2.73 bits per heavy atom. The summed E-state index contributed by atoms with van der Waals surface area (Å²) in [6.07, 6.45) is 1.51. The number of benzene rings is 1. The molecule has 1 saturated heterocycles. The van der Waals surface area contributed by atoms with Crippen LogP contribution in [0.2, 0.25) is 0 Å². The van der Waals surface area contributed by atoms with Gasteiger partial charge in [0.2, 0.25) is 5.91 Å². The molecule has 0 aliphatic carbocycles. The van der Waals surface area contributed by atoms with Crippen molar-refractivity contribution in [1.82, 2.24) is 15.5 Å². The second-order valence-corrected chi connectivity index (χ2v) is 7.64. The third kappa shape index (κ3) is 4.71. The van der Waals surface area contributed by atoms with Crippen molar-refractivity contribution in [2.75, 3.05) is 26.7 Å². The van der Waals surface area contributed by atoms with E-state index in [2.05, 4.69) is 10.6 Å². The van der Waals surface area contributed by atoms with E-state index in [9.17, 15) is 9.59 Å². The van der Waals surface area contributed by atoms with Gasteiger partial charge in [0.1, 0.15) is 6.04 Å². The number of amides is 2. The Balaban J connectivity index is 1.71. The highest BCUT2D eigenvalue weighted by molar-refractivity contribution is 7.12. The van der Waals surface area contributed by atoms with Crippen LogP contribution in [0.25, 0.3) is 0 Å². The van der Waals surface area contributed by atoms with Crippen molar-refractivity contribution in [3.8, 4) is 0 Å². The van der Waals surface area contributed by atoms with Crippen molar-refractivity contribution in [3.63, 3.8) is 0 Å². The Labute approximate surface area is 158 Å². The second-order valence-electron chi connectivity index (χ2n) is 6.69. The number of nitrogens with one attached hydrogen (secondary N) is 2. The molecule has 0 radical (unpaired) electrons. The zero-order valence-electron chi connectivity index (χ0n) is 15.0. The Morgan fingerprint density at radius 2 is 2.04 bits per heavy atom. The van der Waals surface area contributed by atoms with Gasteiger partial charge in [-0.25, -0.2) is 0 Å².